The largest absolute Gasteiger partial charge is 0.353 e. The third-order valence-corrected chi connectivity index (χ3v) is 4.99. The van der Waals surface area contributed by atoms with Crippen LogP contribution in [-0.4, -0.2) is 51.9 Å². The number of hydrogen-bond donors (Lipinski definition) is 0. The monoisotopic (exact) mass is 369 g/mol. The summed E-state index contributed by atoms with van der Waals surface area (Å²) in [7, 11) is 0. The van der Waals surface area contributed by atoms with E-state index in [1.807, 2.05) is 20.8 Å². The van der Waals surface area contributed by atoms with E-state index in [1.54, 1.807) is 24.0 Å². The van der Waals surface area contributed by atoms with E-state index >= 15 is 0 Å². The van der Waals surface area contributed by atoms with E-state index in [9.17, 15) is 14.9 Å². The van der Waals surface area contributed by atoms with E-state index in [1.165, 1.54) is 6.07 Å². The van der Waals surface area contributed by atoms with E-state index in [2.05, 4.69) is 14.9 Å². The second-order valence-electron chi connectivity index (χ2n) is 6.84. The van der Waals surface area contributed by atoms with Gasteiger partial charge in [0.1, 0.15) is 11.6 Å². The van der Waals surface area contributed by atoms with Crippen molar-refractivity contribution in [3.8, 4) is 0 Å². The van der Waals surface area contributed by atoms with Crippen molar-refractivity contribution in [2.45, 2.75) is 27.7 Å². The van der Waals surface area contributed by atoms with Crippen molar-refractivity contribution in [1.82, 2.24) is 14.9 Å². The summed E-state index contributed by atoms with van der Waals surface area (Å²) < 4.78 is 0. The lowest BCUT2D eigenvalue weighted by molar-refractivity contribution is -0.385. The summed E-state index contributed by atoms with van der Waals surface area (Å²) in [6, 6.07) is 4.64. The van der Waals surface area contributed by atoms with Crippen LogP contribution in [0.3, 0.4) is 0 Å². The number of nitro benzene ring substituents is 1. The summed E-state index contributed by atoms with van der Waals surface area (Å²) in [4.78, 5) is 36.3. The zero-order valence-electron chi connectivity index (χ0n) is 16.0. The third kappa shape index (κ3) is 3.74. The molecule has 27 heavy (non-hydrogen) atoms. The van der Waals surface area contributed by atoms with Gasteiger partial charge in [-0.3, -0.25) is 14.9 Å². The number of carbonyl (C=O) groups excluding carboxylic acids is 1. The topological polar surface area (TPSA) is 92.5 Å². The zero-order valence-corrected chi connectivity index (χ0v) is 16.0. The van der Waals surface area contributed by atoms with Crippen molar-refractivity contribution in [2.24, 2.45) is 0 Å². The van der Waals surface area contributed by atoms with Crippen LogP contribution in [0.1, 0.15) is 33.0 Å². The Bertz CT molecular complexity index is 904. The van der Waals surface area contributed by atoms with Crippen molar-refractivity contribution in [3.63, 3.8) is 0 Å². The average molecular weight is 369 g/mol. The molecule has 0 atom stereocenters. The number of aryl methyl sites for hydroxylation is 3. The van der Waals surface area contributed by atoms with Crippen LogP contribution in [0.2, 0.25) is 0 Å². The quantitative estimate of drug-likeness (QED) is 0.610. The molecule has 1 aromatic heterocycles. The van der Waals surface area contributed by atoms with Crippen LogP contribution in [0.15, 0.2) is 18.2 Å². The Morgan fingerprint density at radius 1 is 1.07 bits per heavy atom. The molecule has 0 spiro atoms. The molecule has 0 aliphatic carbocycles. The molecule has 2 aromatic rings. The lowest BCUT2D eigenvalue weighted by atomic mass is 10.1. The van der Waals surface area contributed by atoms with Gasteiger partial charge in [-0.25, -0.2) is 9.97 Å². The molecule has 1 saturated heterocycles. The standard InChI is InChI=1S/C19H23N5O3/c1-12-5-6-16(11-17(12)24(26)27)19(25)23-9-7-22(8-10-23)18-13(2)14(3)20-15(4)21-18/h5-6,11H,7-10H2,1-4H3. The van der Waals surface area contributed by atoms with Crippen molar-refractivity contribution < 1.29 is 9.72 Å². The maximum Gasteiger partial charge on any atom is 0.273 e. The highest BCUT2D eigenvalue weighted by molar-refractivity contribution is 5.95. The first-order valence-corrected chi connectivity index (χ1v) is 8.89. The number of amides is 1. The van der Waals surface area contributed by atoms with Crippen LogP contribution in [0, 0.1) is 37.8 Å². The molecule has 142 valence electrons. The van der Waals surface area contributed by atoms with Crippen LogP contribution < -0.4 is 4.90 Å². The van der Waals surface area contributed by atoms with Gasteiger partial charge in [-0.15, -0.1) is 0 Å². The van der Waals surface area contributed by atoms with Crippen LogP contribution >= 0.6 is 0 Å². The van der Waals surface area contributed by atoms with Crippen molar-refractivity contribution in [1.29, 1.82) is 0 Å². The Morgan fingerprint density at radius 3 is 2.37 bits per heavy atom. The summed E-state index contributed by atoms with van der Waals surface area (Å²) in [6.07, 6.45) is 0. The summed E-state index contributed by atoms with van der Waals surface area (Å²) in [5.41, 5.74) is 2.89. The first-order valence-electron chi connectivity index (χ1n) is 8.89. The molecule has 1 fully saturated rings. The van der Waals surface area contributed by atoms with Gasteiger partial charge in [-0.1, -0.05) is 6.07 Å². The molecule has 1 aromatic carbocycles. The molecule has 0 radical (unpaired) electrons. The minimum atomic E-state index is -0.452. The fourth-order valence-corrected chi connectivity index (χ4v) is 3.30. The van der Waals surface area contributed by atoms with Gasteiger partial charge >= 0.3 is 0 Å². The lowest BCUT2D eigenvalue weighted by Crippen LogP contribution is -2.49. The lowest BCUT2D eigenvalue weighted by Gasteiger charge is -2.36. The van der Waals surface area contributed by atoms with Gasteiger partial charge in [0, 0.05) is 54.6 Å². The molecule has 1 aliphatic rings. The van der Waals surface area contributed by atoms with E-state index in [0.717, 1.165) is 22.9 Å². The van der Waals surface area contributed by atoms with Gasteiger partial charge < -0.3 is 9.80 Å². The Hall–Kier alpha value is -3.03. The molecule has 0 N–H and O–H groups in total. The maximum absolute atomic E-state index is 12.8. The Labute approximate surface area is 158 Å². The molecular weight excluding hydrogens is 346 g/mol. The fraction of sp³-hybridized carbons (Fsp3) is 0.421. The van der Waals surface area contributed by atoms with Crippen LogP contribution in [0.4, 0.5) is 11.5 Å². The minimum absolute atomic E-state index is 0.0259. The number of hydrogen-bond acceptors (Lipinski definition) is 6. The van der Waals surface area contributed by atoms with E-state index in [4.69, 9.17) is 0 Å². The molecule has 2 heterocycles. The summed E-state index contributed by atoms with van der Waals surface area (Å²) in [5.74, 6) is 1.47. The number of piperazine rings is 1. The SMILES string of the molecule is Cc1nc(C)c(C)c(N2CCN(C(=O)c3ccc(C)c([N+](=O)[O-])c3)CC2)n1. The van der Waals surface area contributed by atoms with Crippen LogP contribution in [-0.2, 0) is 0 Å². The Balaban J connectivity index is 1.74. The summed E-state index contributed by atoms with van der Waals surface area (Å²) in [6.45, 7) is 9.93. The number of rotatable bonds is 3. The maximum atomic E-state index is 12.8. The smallest absolute Gasteiger partial charge is 0.273 e. The molecule has 0 bridgehead atoms. The highest BCUT2D eigenvalue weighted by atomic mass is 16.6. The number of nitrogens with zero attached hydrogens (tertiary/aromatic N) is 5. The second-order valence-corrected chi connectivity index (χ2v) is 6.84. The number of benzene rings is 1. The summed E-state index contributed by atoms with van der Waals surface area (Å²) >= 11 is 0. The number of anilines is 1. The minimum Gasteiger partial charge on any atom is -0.353 e. The van der Waals surface area contributed by atoms with Gasteiger partial charge in [0.15, 0.2) is 0 Å². The van der Waals surface area contributed by atoms with Gasteiger partial charge in [-0.2, -0.15) is 0 Å². The normalized spacial score (nSPS) is 14.4. The van der Waals surface area contributed by atoms with Gasteiger partial charge in [-0.05, 0) is 33.8 Å². The number of aromatic nitrogens is 2. The molecule has 0 unspecified atom stereocenters. The molecular formula is C19H23N5O3. The number of carbonyl (C=O) groups is 1. The predicted octanol–water partition coefficient (Wildman–Crippen LogP) is 2.58. The highest BCUT2D eigenvalue weighted by Crippen LogP contribution is 2.23. The number of nitro groups is 1. The van der Waals surface area contributed by atoms with E-state index in [-0.39, 0.29) is 11.6 Å². The van der Waals surface area contributed by atoms with Gasteiger partial charge in [0.05, 0.1) is 4.92 Å². The molecule has 1 aliphatic heterocycles. The van der Waals surface area contributed by atoms with E-state index < -0.39 is 4.92 Å². The highest BCUT2D eigenvalue weighted by Gasteiger charge is 2.25. The molecule has 8 heteroatoms. The van der Waals surface area contributed by atoms with Crippen molar-refractivity contribution in [3.05, 3.63) is 56.5 Å². The average Bonchev–Trinajstić information content (AvgIpc) is 2.64. The summed E-state index contributed by atoms with van der Waals surface area (Å²) in [5, 5.41) is 11.1. The molecule has 0 saturated carbocycles. The third-order valence-electron chi connectivity index (χ3n) is 4.99. The van der Waals surface area contributed by atoms with Crippen LogP contribution in [0.25, 0.3) is 0 Å². The molecule has 1 amide bonds. The van der Waals surface area contributed by atoms with Crippen molar-refractivity contribution >= 4 is 17.4 Å². The Morgan fingerprint density at radius 2 is 1.74 bits per heavy atom. The first-order chi connectivity index (χ1) is 12.8. The second kappa shape index (κ2) is 7.30. The van der Waals surface area contributed by atoms with Gasteiger partial charge in [0.25, 0.3) is 11.6 Å². The predicted molar refractivity (Wildman–Crippen MR) is 102 cm³/mol. The molecule has 3 rings (SSSR count). The molecule has 8 nitrogen and oxygen atoms in total. The van der Waals surface area contributed by atoms with Gasteiger partial charge in [0.2, 0.25) is 0 Å². The first kappa shape index (κ1) is 18.8. The van der Waals surface area contributed by atoms with E-state index in [0.29, 0.717) is 37.3 Å². The Kier molecular flexibility index (Phi) is 5.07. The van der Waals surface area contributed by atoms with Crippen molar-refractivity contribution in [2.75, 3.05) is 31.1 Å². The zero-order chi connectivity index (χ0) is 19.7. The fourth-order valence-electron chi connectivity index (χ4n) is 3.30. The van der Waals surface area contributed by atoms with Crippen LogP contribution in [0.5, 0.6) is 0 Å².